The van der Waals surface area contributed by atoms with Crippen molar-refractivity contribution in [2.75, 3.05) is 26.2 Å². The normalized spacial score (nSPS) is 36.7. The van der Waals surface area contributed by atoms with Gasteiger partial charge in [0.05, 0.1) is 0 Å². The maximum atomic E-state index is 13.1. The van der Waals surface area contributed by atoms with Crippen LogP contribution in [0.3, 0.4) is 0 Å². The fourth-order valence-electron chi connectivity index (χ4n) is 5.29. The lowest BCUT2D eigenvalue weighted by Crippen LogP contribution is -2.54. The van der Waals surface area contributed by atoms with E-state index in [1.807, 2.05) is 0 Å². The third-order valence-electron chi connectivity index (χ3n) is 6.32. The molecule has 26 heavy (non-hydrogen) atoms. The van der Waals surface area contributed by atoms with Crippen LogP contribution in [0.5, 0.6) is 0 Å². The highest BCUT2D eigenvalue weighted by molar-refractivity contribution is 6.09. The summed E-state index contributed by atoms with van der Waals surface area (Å²) >= 11 is 0. The Kier molecular flexibility index (Phi) is 4.58. The molecule has 0 aromatic heterocycles. The Morgan fingerprint density at radius 1 is 1.27 bits per heavy atom. The summed E-state index contributed by atoms with van der Waals surface area (Å²) in [5.41, 5.74) is 4.86. The average molecular weight is 364 g/mol. The van der Waals surface area contributed by atoms with Crippen molar-refractivity contribution in [2.45, 2.75) is 58.9 Å². The van der Waals surface area contributed by atoms with Gasteiger partial charge in [-0.25, -0.2) is 4.79 Å². The van der Waals surface area contributed by atoms with Crippen molar-refractivity contribution in [2.24, 2.45) is 22.5 Å². The molecule has 0 bridgehead atoms. The summed E-state index contributed by atoms with van der Waals surface area (Å²) in [5.74, 6) is -0.0652. The number of carbonyl (C=O) groups is 3. The van der Waals surface area contributed by atoms with Crippen LogP contribution in [-0.2, 0) is 9.59 Å². The molecular weight excluding hydrogens is 332 g/mol. The number of nitrogens with zero attached hydrogens (tertiary/aromatic N) is 2. The summed E-state index contributed by atoms with van der Waals surface area (Å²) in [7, 11) is 0. The van der Waals surface area contributed by atoms with E-state index in [9.17, 15) is 14.4 Å². The lowest BCUT2D eigenvalue weighted by atomic mass is 9.64. The standard InChI is InChI=1S/C19H32N4O3/c1-13-7-17(2,3)10-19(8-13)15(25)23(16(26)21-19)9-14(24)22-6-5-18(4,11-20)12-22/h13H,5-12,20H2,1-4H3,(H,21,26). The molecule has 7 nitrogen and oxygen atoms in total. The minimum atomic E-state index is -0.852. The summed E-state index contributed by atoms with van der Waals surface area (Å²) in [6.07, 6.45) is 3.14. The molecule has 0 aromatic carbocycles. The number of hydrogen-bond acceptors (Lipinski definition) is 4. The Bertz CT molecular complexity index is 634. The van der Waals surface area contributed by atoms with Crippen LogP contribution in [-0.4, -0.2) is 59.4 Å². The number of hydrogen-bond donors (Lipinski definition) is 2. The highest BCUT2D eigenvalue weighted by Crippen LogP contribution is 2.46. The van der Waals surface area contributed by atoms with Crippen molar-refractivity contribution in [3.8, 4) is 0 Å². The van der Waals surface area contributed by atoms with Crippen molar-refractivity contribution in [3.05, 3.63) is 0 Å². The molecule has 2 saturated heterocycles. The third-order valence-corrected chi connectivity index (χ3v) is 6.32. The van der Waals surface area contributed by atoms with E-state index in [-0.39, 0.29) is 29.2 Å². The van der Waals surface area contributed by atoms with Gasteiger partial charge in [-0.05, 0) is 49.0 Å². The van der Waals surface area contributed by atoms with Crippen molar-refractivity contribution >= 4 is 17.8 Å². The van der Waals surface area contributed by atoms with Gasteiger partial charge in [-0.15, -0.1) is 0 Å². The molecule has 146 valence electrons. The first-order valence-corrected chi connectivity index (χ1v) is 9.61. The minimum absolute atomic E-state index is 0.0154. The number of urea groups is 1. The van der Waals surface area contributed by atoms with Crippen LogP contribution in [0, 0.1) is 16.7 Å². The molecule has 2 aliphatic heterocycles. The Morgan fingerprint density at radius 3 is 2.54 bits per heavy atom. The maximum Gasteiger partial charge on any atom is 0.325 e. The van der Waals surface area contributed by atoms with Gasteiger partial charge in [-0.3, -0.25) is 14.5 Å². The van der Waals surface area contributed by atoms with Gasteiger partial charge in [0, 0.05) is 13.1 Å². The molecule has 3 fully saturated rings. The first-order chi connectivity index (χ1) is 12.0. The highest BCUT2D eigenvalue weighted by atomic mass is 16.2. The summed E-state index contributed by atoms with van der Waals surface area (Å²) in [4.78, 5) is 41.1. The molecule has 0 aromatic rings. The molecule has 3 N–H and O–H groups in total. The summed E-state index contributed by atoms with van der Waals surface area (Å²) < 4.78 is 0. The van der Waals surface area contributed by atoms with Gasteiger partial charge in [-0.1, -0.05) is 27.7 Å². The summed E-state index contributed by atoms with van der Waals surface area (Å²) in [6.45, 7) is 10.0. The molecule has 3 aliphatic rings. The lowest BCUT2D eigenvalue weighted by molar-refractivity contribution is -0.140. The van der Waals surface area contributed by atoms with E-state index in [0.29, 0.717) is 38.4 Å². The Labute approximate surface area is 155 Å². The molecule has 4 amide bonds. The molecule has 3 unspecified atom stereocenters. The molecule has 2 heterocycles. The number of carbonyl (C=O) groups excluding carboxylic acids is 3. The smallest absolute Gasteiger partial charge is 0.325 e. The molecule has 3 atom stereocenters. The third kappa shape index (κ3) is 3.33. The van der Waals surface area contributed by atoms with Gasteiger partial charge >= 0.3 is 6.03 Å². The second-order valence-electron chi connectivity index (χ2n) is 9.84. The summed E-state index contributed by atoms with van der Waals surface area (Å²) in [5, 5.41) is 2.93. The second-order valence-corrected chi connectivity index (χ2v) is 9.84. The van der Waals surface area contributed by atoms with Crippen LogP contribution < -0.4 is 11.1 Å². The number of amides is 4. The largest absolute Gasteiger partial charge is 0.341 e. The Balaban J connectivity index is 1.71. The molecular formula is C19H32N4O3. The number of rotatable bonds is 3. The van der Waals surface area contributed by atoms with E-state index in [4.69, 9.17) is 5.73 Å². The SMILES string of the molecule is CC1CC(C)(C)CC2(C1)NC(=O)N(CC(=O)N1CCC(C)(CN)C1)C2=O. The van der Waals surface area contributed by atoms with Gasteiger partial charge in [-0.2, -0.15) is 0 Å². The second kappa shape index (κ2) is 6.22. The fraction of sp³-hybridized carbons (Fsp3) is 0.842. The molecule has 0 radical (unpaired) electrons. The van der Waals surface area contributed by atoms with E-state index in [0.717, 1.165) is 17.7 Å². The van der Waals surface area contributed by atoms with Crippen molar-refractivity contribution < 1.29 is 14.4 Å². The van der Waals surface area contributed by atoms with Crippen molar-refractivity contribution in [1.29, 1.82) is 0 Å². The highest BCUT2D eigenvalue weighted by Gasteiger charge is 2.56. The molecule has 3 rings (SSSR count). The summed E-state index contributed by atoms with van der Waals surface area (Å²) in [6, 6.07) is -0.436. The Morgan fingerprint density at radius 2 is 1.96 bits per heavy atom. The topological polar surface area (TPSA) is 95.7 Å². The number of nitrogens with one attached hydrogen (secondary N) is 1. The van der Waals surface area contributed by atoms with Gasteiger partial charge in [0.25, 0.3) is 5.91 Å². The van der Waals surface area contributed by atoms with Crippen molar-refractivity contribution in [3.63, 3.8) is 0 Å². The van der Waals surface area contributed by atoms with Gasteiger partial charge in [0.15, 0.2) is 0 Å². The van der Waals surface area contributed by atoms with E-state index in [1.54, 1.807) is 4.90 Å². The van der Waals surface area contributed by atoms with E-state index >= 15 is 0 Å². The average Bonchev–Trinajstić information content (AvgIpc) is 3.00. The molecule has 1 saturated carbocycles. The maximum absolute atomic E-state index is 13.1. The predicted molar refractivity (Wildman–Crippen MR) is 98.1 cm³/mol. The van der Waals surface area contributed by atoms with Crippen LogP contribution >= 0.6 is 0 Å². The lowest BCUT2D eigenvalue weighted by Gasteiger charge is -2.43. The van der Waals surface area contributed by atoms with Crippen LogP contribution in [0.2, 0.25) is 0 Å². The minimum Gasteiger partial charge on any atom is -0.341 e. The van der Waals surface area contributed by atoms with Gasteiger partial charge < -0.3 is 16.0 Å². The first kappa shape index (κ1) is 19.1. The van der Waals surface area contributed by atoms with Gasteiger partial charge in [0.2, 0.25) is 5.91 Å². The van der Waals surface area contributed by atoms with E-state index < -0.39 is 11.6 Å². The quantitative estimate of drug-likeness (QED) is 0.738. The zero-order valence-electron chi connectivity index (χ0n) is 16.4. The van der Waals surface area contributed by atoms with Crippen LogP contribution in [0.1, 0.15) is 53.4 Å². The number of imide groups is 1. The number of likely N-dealkylation sites (tertiary alicyclic amines) is 1. The van der Waals surface area contributed by atoms with Crippen molar-refractivity contribution in [1.82, 2.24) is 15.1 Å². The predicted octanol–water partition coefficient (Wildman–Crippen LogP) is 1.32. The van der Waals surface area contributed by atoms with Crippen LogP contribution in [0.15, 0.2) is 0 Å². The Hall–Kier alpha value is -1.63. The zero-order valence-corrected chi connectivity index (χ0v) is 16.4. The van der Waals surface area contributed by atoms with E-state index in [1.165, 1.54) is 0 Å². The molecule has 1 aliphatic carbocycles. The molecule has 1 spiro atoms. The monoisotopic (exact) mass is 364 g/mol. The number of nitrogens with two attached hydrogens (primary N) is 1. The fourth-order valence-corrected chi connectivity index (χ4v) is 5.29. The van der Waals surface area contributed by atoms with Gasteiger partial charge in [0.1, 0.15) is 12.1 Å². The first-order valence-electron chi connectivity index (χ1n) is 9.61. The van der Waals surface area contributed by atoms with Crippen LogP contribution in [0.4, 0.5) is 4.79 Å². The van der Waals surface area contributed by atoms with E-state index in [2.05, 4.69) is 33.0 Å². The van der Waals surface area contributed by atoms with Crippen LogP contribution in [0.25, 0.3) is 0 Å². The zero-order chi connectivity index (χ0) is 19.3. The molecule has 7 heteroatoms.